The number of thiophene rings is 1. The topological polar surface area (TPSA) is 121 Å². The molecule has 5 rings (SSSR count). The van der Waals surface area contributed by atoms with E-state index < -0.39 is 24.3 Å². The van der Waals surface area contributed by atoms with Gasteiger partial charge in [-0.15, -0.1) is 11.3 Å². The van der Waals surface area contributed by atoms with Crippen LogP contribution in [0.3, 0.4) is 0 Å². The highest BCUT2D eigenvalue weighted by Crippen LogP contribution is 2.28. The number of pyridine rings is 2. The summed E-state index contributed by atoms with van der Waals surface area (Å²) in [5, 5.41) is 21.2. The second-order valence-corrected chi connectivity index (χ2v) is 10.1. The highest BCUT2D eigenvalue weighted by molar-refractivity contribution is 7.13. The number of halogens is 6. The van der Waals surface area contributed by atoms with E-state index >= 15 is 0 Å². The number of carboxylic acid groups (broad SMARTS) is 2. The fourth-order valence-electron chi connectivity index (χ4n) is 3.99. The second-order valence-electron chi connectivity index (χ2n) is 9.12. The number of aryl methyl sites for hydroxylation is 1. The summed E-state index contributed by atoms with van der Waals surface area (Å²) in [7, 11) is 0. The molecule has 226 valence electrons. The molecule has 0 aromatic carbocycles. The van der Waals surface area contributed by atoms with E-state index in [0.717, 1.165) is 48.9 Å². The standard InChI is InChI=1S/C22H23N5S.2C2HF3O2/c1-16-5-2-7-19(23-16)15-26-11-3-6-18(13-26)22-24-21-10-9-17(14-27(21)25-22)20-8-4-12-28-20;2*3-2(4,5)1(6)7/h2,4-5,7-10,12,14,18H,3,6,11,13,15H2,1H3;2*(H,6,7). The first-order valence-electron chi connectivity index (χ1n) is 12.3. The van der Waals surface area contributed by atoms with Crippen LogP contribution in [0, 0.1) is 6.92 Å². The molecule has 1 atom stereocenters. The zero-order chi connectivity index (χ0) is 31.1. The number of alkyl halides is 6. The summed E-state index contributed by atoms with van der Waals surface area (Å²) in [4.78, 5) is 31.0. The molecule has 5 heterocycles. The molecule has 1 aliphatic rings. The molecule has 0 saturated carbocycles. The summed E-state index contributed by atoms with van der Waals surface area (Å²) in [6.45, 7) is 5.05. The summed E-state index contributed by atoms with van der Waals surface area (Å²) in [5.74, 6) is -4.17. The van der Waals surface area contributed by atoms with Gasteiger partial charge in [0.2, 0.25) is 0 Å². The molecule has 2 N–H and O–H groups in total. The van der Waals surface area contributed by atoms with E-state index in [4.69, 9.17) is 29.9 Å². The van der Waals surface area contributed by atoms with Crippen LogP contribution in [0.4, 0.5) is 26.3 Å². The molecule has 1 unspecified atom stereocenters. The van der Waals surface area contributed by atoms with Crippen LogP contribution in [0.5, 0.6) is 0 Å². The van der Waals surface area contributed by atoms with Crippen LogP contribution in [-0.2, 0) is 16.1 Å². The predicted octanol–water partition coefficient (Wildman–Crippen LogP) is 5.81. The van der Waals surface area contributed by atoms with E-state index in [2.05, 4.69) is 57.9 Å². The van der Waals surface area contributed by atoms with Crippen LogP contribution in [0.15, 0.2) is 54.0 Å². The molecule has 4 aromatic rings. The highest BCUT2D eigenvalue weighted by atomic mass is 32.1. The van der Waals surface area contributed by atoms with Crippen LogP contribution in [-0.4, -0.2) is 72.1 Å². The van der Waals surface area contributed by atoms with Crippen molar-refractivity contribution in [1.29, 1.82) is 0 Å². The minimum atomic E-state index is -5.08. The van der Waals surface area contributed by atoms with Gasteiger partial charge in [-0.05, 0) is 62.0 Å². The zero-order valence-corrected chi connectivity index (χ0v) is 22.7. The van der Waals surface area contributed by atoms with Gasteiger partial charge in [-0.25, -0.2) is 19.1 Å². The normalized spacial score (nSPS) is 15.7. The van der Waals surface area contributed by atoms with Crippen molar-refractivity contribution >= 4 is 28.9 Å². The third kappa shape index (κ3) is 9.51. The van der Waals surface area contributed by atoms with E-state index in [9.17, 15) is 26.3 Å². The average molecular weight is 618 g/mol. The van der Waals surface area contributed by atoms with Gasteiger partial charge in [0.05, 0.1) is 5.69 Å². The van der Waals surface area contributed by atoms with Crippen molar-refractivity contribution in [3.8, 4) is 10.4 Å². The molecule has 0 amide bonds. The molecule has 1 saturated heterocycles. The summed E-state index contributed by atoms with van der Waals surface area (Å²) in [5.41, 5.74) is 4.33. The van der Waals surface area contributed by atoms with Gasteiger partial charge in [-0.3, -0.25) is 9.88 Å². The lowest BCUT2D eigenvalue weighted by Crippen LogP contribution is -2.34. The van der Waals surface area contributed by atoms with E-state index in [1.807, 2.05) is 17.5 Å². The smallest absolute Gasteiger partial charge is 0.475 e. The molecule has 0 spiro atoms. The van der Waals surface area contributed by atoms with E-state index in [1.165, 1.54) is 16.9 Å². The largest absolute Gasteiger partial charge is 0.490 e. The fourth-order valence-corrected chi connectivity index (χ4v) is 4.71. The van der Waals surface area contributed by atoms with Crippen molar-refractivity contribution in [3.63, 3.8) is 0 Å². The Bertz CT molecular complexity index is 1470. The van der Waals surface area contributed by atoms with Crippen LogP contribution in [0.25, 0.3) is 16.1 Å². The number of hydrogen-bond acceptors (Lipinski definition) is 7. The second kappa shape index (κ2) is 13.7. The Hall–Kier alpha value is -4.05. The molecule has 0 radical (unpaired) electrons. The Morgan fingerprint density at radius 2 is 1.64 bits per heavy atom. The van der Waals surface area contributed by atoms with Gasteiger partial charge in [0, 0.05) is 41.3 Å². The maximum Gasteiger partial charge on any atom is 0.490 e. The quantitative estimate of drug-likeness (QED) is 0.276. The Kier molecular flexibility index (Phi) is 10.6. The van der Waals surface area contributed by atoms with E-state index in [-0.39, 0.29) is 0 Å². The van der Waals surface area contributed by atoms with Gasteiger partial charge < -0.3 is 10.2 Å². The first-order chi connectivity index (χ1) is 19.6. The van der Waals surface area contributed by atoms with Crippen LogP contribution in [0.1, 0.15) is 36.0 Å². The number of likely N-dealkylation sites (tertiary alicyclic amines) is 1. The molecular formula is C26H25F6N5O4S. The number of piperidine rings is 1. The van der Waals surface area contributed by atoms with Crippen molar-refractivity contribution in [1.82, 2.24) is 24.5 Å². The minimum absolute atomic E-state index is 0.378. The Labute approximate surface area is 239 Å². The minimum Gasteiger partial charge on any atom is -0.475 e. The molecule has 1 aliphatic heterocycles. The number of fused-ring (bicyclic) bond motifs is 1. The number of aliphatic carboxylic acids is 2. The maximum absolute atomic E-state index is 10.6. The number of rotatable bonds is 4. The van der Waals surface area contributed by atoms with Crippen molar-refractivity contribution in [3.05, 3.63) is 71.3 Å². The lowest BCUT2D eigenvalue weighted by Gasteiger charge is -2.31. The van der Waals surface area contributed by atoms with Gasteiger partial charge in [0.25, 0.3) is 0 Å². The summed E-state index contributed by atoms with van der Waals surface area (Å²) < 4.78 is 65.4. The fraction of sp³-hybridized carbons (Fsp3) is 0.346. The SMILES string of the molecule is Cc1cccc(CN2CCCC(c3nc4ccc(-c5cccs5)cn4n3)C2)n1.O=C(O)C(F)(F)F.O=C(O)C(F)(F)F. The van der Waals surface area contributed by atoms with E-state index in [1.54, 1.807) is 11.3 Å². The number of aromatic nitrogens is 4. The van der Waals surface area contributed by atoms with Crippen molar-refractivity contribution in [2.45, 2.75) is 44.6 Å². The zero-order valence-electron chi connectivity index (χ0n) is 21.9. The van der Waals surface area contributed by atoms with Crippen molar-refractivity contribution < 1.29 is 46.1 Å². The Balaban J connectivity index is 0.000000289. The maximum atomic E-state index is 10.6. The molecule has 0 bridgehead atoms. The molecule has 16 heteroatoms. The molecule has 42 heavy (non-hydrogen) atoms. The summed E-state index contributed by atoms with van der Waals surface area (Å²) >= 11 is 1.75. The molecule has 9 nitrogen and oxygen atoms in total. The van der Waals surface area contributed by atoms with Crippen LogP contribution < -0.4 is 0 Å². The van der Waals surface area contributed by atoms with E-state index in [0.29, 0.717) is 5.92 Å². The van der Waals surface area contributed by atoms with Crippen LogP contribution in [0.2, 0.25) is 0 Å². The number of nitrogens with zero attached hydrogens (tertiary/aromatic N) is 5. The monoisotopic (exact) mass is 617 g/mol. The summed E-state index contributed by atoms with van der Waals surface area (Å²) in [6, 6.07) is 14.7. The van der Waals surface area contributed by atoms with Gasteiger partial charge in [-0.1, -0.05) is 12.1 Å². The Morgan fingerprint density at radius 3 is 2.21 bits per heavy atom. The van der Waals surface area contributed by atoms with Crippen molar-refractivity contribution in [2.24, 2.45) is 0 Å². The number of carboxylic acids is 2. The molecule has 4 aromatic heterocycles. The third-order valence-electron chi connectivity index (χ3n) is 5.84. The van der Waals surface area contributed by atoms with Gasteiger partial charge in [0.15, 0.2) is 11.5 Å². The first-order valence-corrected chi connectivity index (χ1v) is 13.2. The van der Waals surface area contributed by atoms with Gasteiger partial charge in [-0.2, -0.15) is 31.4 Å². The lowest BCUT2D eigenvalue weighted by molar-refractivity contribution is -0.193. The number of hydrogen-bond donors (Lipinski definition) is 2. The average Bonchev–Trinajstić information content (AvgIpc) is 3.59. The van der Waals surface area contributed by atoms with Crippen molar-refractivity contribution in [2.75, 3.05) is 13.1 Å². The van der Waals surface area contributed by atoms with Crippen LogP contribution >= 0.6 is 11.3 Å². The van der Waals surface area contributed by atoms with Gasteiger partial charge >= 0.3 is 24.3 Å². The molecule has 0 aliphatic carbocycles. The lowest BCUT2D eigenvalue weighted by atomic mass is 9.97. The Morgan fingerprint density at radius 1 is 0.976 bits per heavy atom. The van der Waals surface area contributed by atoms with Gasteiger partial charge in [0.1, 0.15) is 0 Å². The third-order valence-corrected chi connectivity index (χ3v) is 6.76. The number of carbonyl (C=O) groups is 2. The predicted molar refractivity (Wildman–Crippen MR) is 140 cm³/mol. The molecular weight excluding hydrogens is 592 g/mol. The summed E-state index contributed by atoms with van der Waals surface area (Å²) in [6.07, 6.45) is -5.76. The first kappa shape index (κ1) is 32.5. The highest BCUT2D eigenvalue weighted by Gasteiger charge is 2.38. The molecule has 1 fully saturated rings.